The number of H-pyrrole nitrogens is 1. The third kappa shape index (κ3) is 2.61. The van der Waals surface area contributed by atoms with Crippen molar-refractivity contribution in [2.24, 2.45) is 0 Å². The Labute approximate surface area is 129 Å². The van der Waals surface area contributed by atoms with E-state index in [1.165, 1.54) is 6.20 Å². The monoisotopic (exact) mass is 319 g/mol. The molecule has 0 amide bonds. The van der Waals surface area contributed by atoms with Crippen LogP contribution in [0.25, 0.3) is 11.5 Å². The number of hydrogen-bond donors (Lipinski definition) is 1. The summed E-state index contributed by atoms with van der Waals surface area (Å²) in [7, 11) is 0. The SMILES string of the molecule is N#Cc1[nH]ncc1-c1nc(Cc2c(Cl)cccc2Cl)no1. The van der Waals surface area contributed by atoms with Crippen LogP contribution in [0.3, 0.4) is 0 Å². The zero-order valence-corrected chi connectivity index (χ0v) is 12.0. The van der Waals surface area contributed by atoms with Gasteiger partial charge in [-0.15, -0.1) is 0 Å². The third-order valence-electron chi connectivity index (χ3n) is 2.85. The van der Waals surface area contributed by atoms with Crippen molar-refractivity contribution >= 4 is 23.2 Å². The first-order valence-corrected chi connectivity index (χ1v) is 6.64. The highest BCUT2D eigenvalue weighted by molar-refractivity contribution is 6.36. The summed E-state index contributed by atoms with van der Waals surface area (Å²) in [5.74, 6) is 0.642. The van der Waals surface area contributed by atoms with Gasteiger partial charge in [0.25, 0.3) is 5.89 Å². The van der Waals surface area contributed by atoms with E-state index in [2.05, 4.69) is 20.3 Å². The number of aromatic nitrogens is 4. The summed E-state index contributed by atoms with van der Waals surface area (Å²) in [5.41, 5.74) is 1.45. The van der Waals surface area contributed by atoms with E-state index < -0.39 is 0 Å². The molecule has 21 heavy (non-hydrogen) atoms. The molecule has 0 atom stereocenters. The van der Waals surface area contributed by atoms with Crippen molar-refractivity contribution in [1.82, 2.24) is 20.3 Å². The minimum atomic E-state index is 0.221. The van der Waals surface area contributed by atoms with Crippen molar-refractivity contribution in [3.05, 3.63) is 51.5 Å². The molecule has 0 saturated heterocycles. The van der Waals surface area contributed by atoms with Crippen LogP contribution in [0.1, 0.15) is 17.1 Å². The van der Waals surface area contributed by atoms with E-state index in [0.29, 0.717) is 27.9 Å². The van der Waals surface area contributed by atoms with Gasteiger partial charge in [-0.2, -0.15) is 15.3 Å². The van der Waals surface area contributed by atoms with Crippen molar-refractivity contribution in [1.29, 1.82) is 5.26 Å². The first kappa shape index (κ1) is 13.6. The zero-order chi connectivity index (χ0) is 14.8. The smallest absolute Gasteiger partial charge is 0.262 e. The number of benzene rings is 1. The van der Waals surface area contributed by atoms with Gasteiger partial charge in [0.05, 0.1) is 11.8 Å². The summed E-state index contributed by atoms with van der Waals surface area (Å²) in [5, 5.41) is 20.2. The number of nitrogens with zero attached hydrogens (tertiary/aromatic N) is 4. The van der Waals surface area contributed by atoms with Crippen molar-refractivity contribution in [2.75, 3.05) is 0 Å². The lowest BCUT2D eigenvalue weighted by Crippen LogP contribution is -1.93. The molecule has 0 unspecified atom stereocenters. The Kier molecular flexibility index (Phi) is 3.60. The van der Waals surface area contributed by atoms with E-state index in [-0.39, 0.29) is 11.6 Å². The molecule has 2 heterocycles. The lowest BCUT2D eigenvalue weighted by atomic mass is 10.1. The largest absolute Gasteiger partial charge is 0.334 e. The topological polar surface area (TPSA) is 91.4 Å². The molecule has 8 heteroatoms. The summed E-state index contributed by atoms with van der Waals surface area (Å²) < 4.78 is 5.15. The average Bonchev–Trinajstić information content (AvgIpc) is 3.11. The van der Waals surface area contributed by atoms with Gasteiger partial charge < -0.3 is 4.52 Å². The average molecular weight is 320 g/mol. The Morgan fingerprint density at radius 3 is 2.76 bits per heavy atom. The standard InChI is InChI=1S/C13H7Cl2N5O/c14-9-2-1-3-10(15)7(9)4-12-18-13(21-20-12)8-6-17-19-11(8)5-16/h1-3,6H,4H2,(H,17,19). The third-order valence-corrected chi connectivity index (χ3v) is 3.55. The van der Waals surface area contributed by atoms with Gasteiger partial charge in [0.1, 0.15) is 11.8 Å². The Balaban J connectivity index is 1.91. The molecular weight excluding hydrogens is 313 g/mol. The van der Waals surface area contributed by atoms with Crippen LogP contribution >= 0.6 is 23.2 Å². The van der Waals surface area contributed by atoms with Crippen LogP contribution in [-0.2, 0) is 6.42 Å². The van der Waals surface area contributed by atoms with Crippen molar-refractivity contribution in [3.63, 3.8) is 0 Å². The highest BCUT2D eigenvalue weighted by atomic mass is 35.5. The van der Waals surface area contributed by atoms with Crippen LogP contribution in [0.4, 0.5) is 0 Å². The van der Waals surface area contributed by atoms with Gasteiger partial charge in [-0.3, -0.25) is 5.10 Å². The predicted octanol–water partition coefficient (Wildman–Crippen LogP) is 3.23. The van der Waals surface area contributed by atoms with Gasteiger partial charge in [0.15, 0.2) is 5.82 Å². The number of halogens is 2. The lowest BCUT2D eigenvalue weighted by molar-refractivity contribution is 0.424. The van der Waals surface area contributed by atoms with Crippen LogP contribution in [-0.4, -0.2) is 20.3 Å². The fourth-order valence-electron chi connectivity index (χ4n) is 1.83. The van der Waals surface area contributed by atoms with Crippen LogP contribution in [0.2, 0.25) is 10.0 Å². The number of aromatic amines is 1. The van der Waals surface area contributed by atoms with E-state index in [9.17, 15) is 0 Å². The fraction of sp³-hybridized carbons (Fsp3) is 0.0769. The van der Waals surface area contributed by atoms with Crippen LogP contribution < -0.4 is 0 Å². The van der Waals surface area contributed by atoms with Crippen molar-refractivity contribution < 1.29 is 4.52 Å². The Hall–Kier alpha value is -2.36. The fourth-order valence-corrected chi connectivity index (χ4v) is 2.36. The highest BCUT2D eigenvalue weighted by Crippen LogP contribution is 2.27. The molecule has 0 aliphatic carbocycles. The van der Waals surface area contributed by atoms with Crippen molar-refractivity contribution in [2.45, 2.75) is 6.42 Å². The molecule has 3 aromatic rings. The number of nitriles is 1. The lowest BCUT2D eigenvalue weighted by Gasteiger charge is -2.02. The molecular formula is C13H7Cl2N5O. The second kappa shape index (κ2) is 5.56. The summed E-state index contributed by atoms with van der Waals surface area (Å²) in [4.78, 5) is 4.23. The molecule has 0 bridgehead atoms. The summed E-state index contributed by atoms with van der Waals surface area (Å²) in [6.07, 6.45) is 1.79. The summed E-state index contributed by atoms with van der Waals surface area (Å²) in [6.45, 7) is 0. The number of hydrogen-bond acceptors (Lipinski definition) is 5. The zero-order valence-electron chi connectivity index (χ0n) is 10.5. The van der Waals surface area contributed by atoms with E-state index in [1.807, 2.05) is 6.07 Å². The quantitative estimate of drug-likeness (QED) is 0.800. The second-order valence-corrected chi connectivity index (χ2v) is 4.98. The number of rotatable bonds is 3. The maximum absolute atomic E-state index is 8.94. The first-order valence-electron chi connectivity index (χ1n) is 5.88. The van der Waals surface area contributed by atoms with Gasteiger partial charge in [-0.1, -0.05) is 34.4 Å². The van der Waals surface area contributed by atoms with Crippen LogP contribution in [0.5, 0.6) is 0 Å². The molecule has 0 aliphatic heterocycles. The minimum Gasteiger partial charge on any atom is -0.334 e. The Bertz CT molecular complexity index is 813. The van der Waals surface area contributed by atoms with Crippen LogP contribution in [0.15, 0.2) is 28.9 Å². The second-order valence-electron chi connectivity index (χ2n) is 4.16. The maximum atomic E-state index is 8.94. The molecule has 0 radical (unpaired) electrons. The van der Waals surface area contributed by atoms with Gasteiger partial charge in [0, 0.05) is 16.5 Å². The predicted molar refractivity (Wildman–Crippen MR) is 75.9 cm³/mol. The molecule has 1 aromatic carbocycles. The molecule has 104 valence electrons. The maximum Gasteiger partial charge on any atom is 0.262 e. The van der Waals surface area contributed by atoms with Crippen LogP contribution in [0, 0.1) is 11.3 Å². The first-order chi connectivity index (χ1) is 10.2. The highest BCUT2D eigenvalue weighted by Gasteiger charge is 2.16. The van der Waals surface area contributed by atoms with E-state index in [1.54, 1.807) is 18.2 Å². The Morgan fingerprint density at radius 2 is 2.05 bits per heavy atom. The van der Waals surface area contributed by atoms with E-state index in [4.69, 9.17) is 33.0 Å². The molecule has 0 spiro atoms. The van der Waals surface area contributed by atoms with E-state index in [0.717, 1.165) is 5.56 Å². The van der Waals surface area contributed by atoms with Gasteiger partial charge in [-0.05, 0) is 17.7 Å². The molecule has 3 rings (SSSR count). The summed E-state index contributed by atoms with van der Waals surface area (Å²) >= 11 is 12.2. The molecule has 6 nitrogen and oxygen atoms in total. The van der Waals surface area contributed by atoms with Gasteiger partial charge in [0.2, 0.25) is 0 Å². The molecule has 0 aliphatic rings. The molecule has 0 saturated carbocycles. The van der Waals surface area contributed by atoms with Gasteiger partial charge in [-0.25, -0.2) is 0 Å². The Morgan fingerprint density at radius 1 is 1.29 bits per heavy atom. The normalized spacial score (nSPS) is 10.5. The number of nitrogens with one attached hydrogen (secondary N) is 1. The molecule has 2 aromatic heterocycles. The summed E-state index contributed by atoms with van der Waals surface area (Å²) in [6, 6.07) is 7.21. The van der Waals surface area contributed by atoms with Crippen molar-refractivity contribution in [3.8, 4) is 17.5 Å². The molecule has 1 N–H and O–H groups in total. The van der Waals surface area contributed by atoms with E-state index >= 15 is 0 Å². The molecule has 0 fully saturated rings. The van der Waals surface area contributed by atoms with Gasteiger partial charge >= 0.3 is 0 Å². The minimum absolute atomic E-state index is 0.221.